The summed E-state index contributed by atoms with van der Waals surface area (Å²) in [6, 6.07) is 5.11. The van der Waals surface area contributed by atoms with Crippen molar-refractivity contribution in [2.24, 2.45) is 11.7 Å². The van der Waals surface area contributed by atoms with Crippen LogP contribution in [0.15, 0.2) is 27.6 Å². The average Bonchev–Trinajstić information content (AvgIpc) is 2.82. The maximum atomic E-state index is 12.4. The van der Waals surface area contributed by atoms with E-state index in [9.17, 15) is 8.42 Å². The molecule has 20 heavy (non-hydrogen) atoms. The van der Waals surface area contributed by atoms with E-state index < -0.39 is 10.0 Å². The Morgan fingerprint density at radius 1 is 1.50 bits per heavy atom. The molecule has 7 heteroatoms. The lowest BCUT2D eigenvalue weighted by molar-refractivity contribution is 0.107. The van der Waals surface area contributed by atoms with E-state index in [2.05, 4.69) is 20.7 Å². The monoisotopic (exact) mass is 362 g/mol. The van der Waals surface area contributed by atoms with Crippen LogP contribution in [0.1, 0.15) is 18.9 Å². The highest BCUT2D eigenvalue weighted by atomic mass is 79.9. The zero-order chi connectivity index (χ0) is 14.8. The molecular weight excluding hydrogens is 344 g/mol. The molecule has 1 aliphatic heterocycles. The summed E-state index contributed by atoms with van der Waals surface area (Å²) in [6.07, 6.45) is 0.977. The second-order valence-corrected chi connectivity index (χ2v) is 7.54. The number of halogens is 1. The van der Waals surface area contributed by atoms with Crippen molar-refractivity contribution in [3.63, 3.8) is 0 Å². The fourth-order valence-corrected chi connectivity index (χ4v) is 4.33. The summed E-state index contributed by atoms with van der Waals surface area (Å²) in [5.74, 6) is 0.223. The smallest absolute Gasteiger partial charge is 0.241 e. The van der Waals surface area contributed by atoms with Crippen LogP contribution in [-0.2, 0) is 21.3 Å². The van der Waals surface area contributed by atoms with E-state index in [0.29, 0.717) is 24.2 Å². The zero-order valence-electron chi connectivity index (χ0n) is 11.3. The molecule has 0 spiro atoms. The van der Waals surface area contributed by atoms with Crippen molar-refractivity contribution in [1.29, 1.82) is 0 Å². The standard InChI is InChI=1S/C13H19BrN2O3S/c1-9-11(4-5-19-9)8-16-20(17,18)13-6-10(7-15)2-3-12(13)14/h2-3,6,9,11,16H,4-5,7-8,15H2,1H3. The van der Waals surface area contributed by atoms with Gasteiger partial charge in [-0.1, -0.05) is 6.07 Å². The van der Waals surface area contributed by atoms with Crippen LogP contribution in [0.25, 0.3) is 0 Å². The topological polar surface area (TPSA) is 81.4 Å². The number of hydrogen-bond acceptors (Lipinski definition) is 4. The normalized spacial score (nSPS) is 23.1. The van der Waals surface area contributed by atoms with Gasteiger partial charge in [0.25, 0.3) is 0 Å². The van der Waals surface area contributed by atoms with Crippen LogP contribution in [-0.4, -0.2) is 27.7 Å². The molecule has 2 atom stereocenters. The summed E-state index contributed by atoms with van der Waals surface area (Å²) in [5, 5.41) is 0. The van der Waals surface area contributed by atoms with E-state index in [1.54, 1.807) is 18.2 Å². The summed E-state index contributed by atoms with van der Waals surface area (Å²) in [4.78, 5) is 0.229. The van der Waals surface area contributed by atoms with Crippen LogP contribution in [0.4, 0.5) is 0 Å². The van der Waals surface area contributed by atoms with Gasteiger partial charge in [-0.25, -0.2) is 13.1 Å². The molecular formula is C13H19BrN2O3S. The Labute approximate surface area is 128 Å². The second kappa shape index (κ2) is 6.53. The van der Waals surface area contributed by atoms with Crippen molar-refractivity contribution in [2.45, 2.75) is 30.9 Å². The Morgan fingerprint density at radius 3 is 2.85 bits per heavy atom. The Morgan fingerprint density at radius 2 is 2.25 bits per heavy atom. The van der Waals surface area contributed by atoms with Crippen LogP contribution in [0, 0.1) is 5.92 Å². The molecule has 0 bridgehead atoms. The molecule has 0 radical (unpaired) electrons. The van der Waals surface area contributed by atoms with Crippen molar-refractivity contribution in [3.8, 4) is 0 Å². The molecule has 1 fully saturated rings. The number of ether oxygens (including phenoxy) is 1. The Bertz CT molecular complexity index is 577. The molecule has 3 N–H and O–H groups in total. The molecule has 5 nitrogen and oxygen atoms in total. The third-order valence-corrected chi connectivity index (χ3v) is 6.01. The predicted molar refractivity (Wildman–Crippen MR) is 80.7 cm³/mol. The van der Waals surface area contributed by atoms with Gasteiger partial charge in [-0.15, -0.1) is 0 Å². The van der Waals surface area contributed by atoms with Crippen LogP contribution >= 0.6 is 15.9 Å². The van der Waals surface area contributed by atoms with Gasteiger partial charge >= 0.3 is 0 Å². The molecule has 0 amide bonds. The minimum atomic E-state index is -3.54. The van der Waals surface area contributed by atoms with E-state index >= 15 is 0 Å². The Balaban J connectivity index is 2.13. The van der Waals surface area contributed by atoms with Gasteiger partial charge in [0.2, 0.25) is 10.0 Å². The highest BCUT2D eigenvalue weighted by Gasteiger charge is 2.26. The first kappa shape index (κ1) is 15.9. The number of hydrogen-bond donors (Lipinski definition) is 2. The van der Waals surface area contributed by atoms with Crippen LogP contribution in [0.5, 0.6) is 0 Å². The maximum Gasteiger partial charge on any atom is 0.241 e. The predicted octanol–water partition coefficient (Wildman–Crippen LogP) is 1.61. The lowest BCUT2D eigenvalue weighted by atomic mass is 10.0. The Hall–Kier alpha value is -0.470. The SMILES string of the molecule is CC1OCCC1CNS(=O)(=O)c1cc(CN)ccc1Br. The molecule has 1 heterocycles. The van der Waals surface area contributed by atoms with Gasteiger partial charge in [-0.05, 0) is 47.0 Å². The van der Waals surface area contributed by atoms with E-state index in [4.69, 9.17) is 10.5 Å². The Kier molecular flexibility index (Phi) is 5.19. The fraction of sp³-hybridized carbons (Fsp3) is 0.538. The second-order valence-electron chi connectivity index (χ2n) is 4.95. The number of rotatable bonds is 5. The van der Waals surface area contributed by atoms with E-state index in [1.807, 2.05) is 6.92 Å². The number of nitrogens with two attached hydrogens (primary N) is 1. The lowest BCUT2D eigenvalue weighted by Crippen LogP contribution is -2.32. The molecule has 1 saturated heterocycles. The van der Waals surface area contributed by atoms with Gasteiger partial charge in [-0.3, -0.25) is 0 Å². The quantitative estimate of drug-likeness (QED) is 0.833. The van der Waals surface area contributed by atoms with Gasteiger partial charge in [0.1, 0.15) is 0 Å². The maximum absolute atomic E-state index is 12.4. The molecule has 1 aliphatic rings. The summed E-state index contributed by atoms with van der Waals surface area (Å²) < 4.78 is 33.4. The van der Waals surface area contributed by atoms with E-state index in [1.165, 1.54) is 0 Å². The molecule has 2 unspecified atom stereocenters. The van der Waals surface area contributed by atoms with Crippen molar-refractivity contribution < 1.29 is 13.2 Å². The third-order valence-electron chi connectivity index (χ3n) is 3.59. The minimum absolute atomic E-state index is 0.0940. The molecule has 1 aromatic carbocycles. The minimum Gasteiger partial charge on any atom is -0.378 e. The lowest BCUT2D eigenvalue weighted by Gasteiger charge is -2.15. The van der Waals surface area contributed by atoms with Gasteiger partial charge in [0, 0.05) is 30.1 Å². The largest absolute Gasteiger partial charge is 0.378 e. The van der Waals surface area contributed by atoms with Crippen molar-refractivity contribution in [3.05, 3.63) is 28.2 Å². The van der Waals surface area contributed by atoms with Gasteiger partial charge in [0.15, 0.2) is 0 Å². The number of benzene rings is 1. The summed E-state index contributed by atoms with van der Waals surface area (Å²) in [7, 11) is -3.54. The van der Waals surface area contributed by atoms with Crippen molar-refractivity contribution in [2.75, 3.05) is 13.2 Å². The summed E-state index contributed by atoms with van der Waals surface area (Å²) in [6.45, 7) is 3.36. The third kappa shape index (κ3) is 3.59. The summed E-state index contributed by atoms with van der Waals surface area (Å²) >= 11 is 3.28. The number of sulfonamides is 1. The molecule has 0 aromatic heterocycles. The van der Waals surface area contributed by atoms with E-state index in [-0.39, 0.29) is 16.9 Å². The van der Waals surface area contributed by atoms with Crippen LogP contribution in [0.3, 0.4) is 0 Å². The van der Waals surface area contributed by atoms with Gasteiger partial charge in [-0.2, -0.15) is 0 Å². The van der Waals surface area contributed by atoms with Crippen molar-refractivity contribution >= 4 is 26.0 Å². The summed E-state index contributed by atoms with van der Waals surface area (Å²) in [5.41, 5.74) is 6.34. The number of nitrogens with one attached hydrogen (secondary N) is 1. The molecule has 2 rings (SSSR count). The van der Waals surface area contributed by atoms with Crippen molar-refractivity contribution in [1.82, 2.24) is 4.72 Å². The average molecular weight is 363 g/mol. The van der Waals surface area contributed by atoms with Gasteiger partial charge < -0.3 is 10.5 Å². The molecule has 0 aliphatic carbocycles. The van der Waals surface area contributed by atoms with Crippen LogP contribution in [0.2, 0.25) is 0 Å². The molecule has 0 saturated carbocycles. The molecule has 112 valence electrons. The first-order valence-electron chi connectivity index (χ1n) is 6.54. The van der Waals surface area contributed by atoms with Gasteiger partial charge in [0.05, 0.1) is 11.0 Å². The van der Waals surface area contributed by atoms with E-state index in [0.717, 1.165) is 12.0 Å². The highest BCUT2D eigenvalue weighted by Crippen LogP contribution is 2.24. The first-order chi connectivity index (χ1) is 9.44. The first-order valence-corrected chi connectivity index (χ1v) is 8.81. The zero-order valence-corrected chi connectivity index (χ0v) is 13.7. The molecule has 1 aromatic rings. The van der Waals surface area contributed by atoms with Crippen LogP contribution < -0.4 is 10.5 Å². The fourth-order valence-electron chi connectivity index (χ4n) is 2.22. The highest BCUT2D eigenvalue weighted by molar-refractivity contribution is 9.10.